The van der Waals surface area contributed by atoms with Gasteiger partial charge in [0, 0.05) is 15.0 Å². The maximum Gasteiger partial charge on any atom is 0.347 e. The molecule has 0 spiro atoms. The van der Waals surface area contributed by atoms with Gasteiger partial charge in [-0.05, 0) is 42.0 Å². The molecule has 3 nitrogen and oxygen atoms in total. The lowest BCUT2D eigenvalue weighted by Crippen LogP contribution is -2.02. The highest BCUT2D eigenvalue weighted by atomic mass is 79.9. The number of hydrogen-bond donors (Lipinski definition) is 0. The van der Waals surface area contributed by atoms with Crippen LogP contribution >= 0.6 is 31.9 Å². The minimum absolute atomic E-state index is 0.290. The molecule has 3 rings (SSSR count). The van der Waals surface area contributed by atoms with Gasteiger partial charge < -0.3 is 4.42 Å². The first-order chi connectivity index (χ1) is 10.1. The molecule has 0 radical (unpaired) electrons. The first-order valence-electron chi connectivity index (χ1n) is 6.16. The highest BCUT2D eigenvalue weighted by Gasteiger charge is 2.04. The van der Waals surface area contributed by atoms with E-state index < -0.39 is 5.63 Å². The average Bonchev–Trinajstić information content (AvgIpc) is 2.47. The highest BCUT2D eigenvalue weighted by Crippen LogP contribution is 2.17. The number of aromatic nitrogens is 1. The van der Waals surface area contributed by atoms with Crippen LogP contribution in [0.25, 0.3) is 23.1 Å². The van der Waals surface area contributed by atoms with Crippen molar-refractivity contribution in [3.63, 3.8) is 0 Å². The molecule has 1 aromatic heterocycles. The highest BCUT2D eigenvalue weighted by molar-refractivity contribution is 9.10. The Morgan fingerprint density at radius 2 is 1.67 bits per heavy atom. The summed E-state index contributed by atoms with van der Waals surface area (Å²) >= 11 is 6.71. The number of halogens is 2. The second kappa shape index (κ2) is 5.95. The first kappa shape index (κ1) is 14.2. The van der Waals surface area contributed by atoms with Gasteiger partial charge in [-0.2, -0.15) is 0 Å². The third kappa shape index (κ3) is 3.31. The Labute approximate surface area is 137 Å². The van der Waals surface area contributed by atoms with Crippen LogP contribution in [0.1, 0.15) is 11.5 Å². The molecule has 21 heavy (non-hydrogen) atoms. The van der Waals surface area contributed by atoms with Crippen LogP contribution in [-0.4, -0.2) is 4.98 Å². The molecule has 0 amide bonds. The van der Waals surface area contributed by atoms with Crippen molar-refractivity contribution in [3.05, 3.63) is 73.3 Å². The molecule has 0 aliphatic carbocycles. The smallest absolute Gasteiger partial charge is 0.347 e. The Hall–Kier alpha value is -1.72. The van der Waals surface area contributed by atoms with Crippen molar-refractivity contribution >= 4 is 54.9 Å². The fourth-order valence-electron chi connectivity index (χ4n) is 1.87. The van der Waals surface area contributed by atoms with Crippen LogP contribution < -0.4 is 5.63 Å². The maximum atomic E-state index is 11.9. The number of nitrogens with zero attached hydrogens (tertiary/aromatic N) is 1. The lowest BCUT2D eigenvalue weighted by atomic mass is 10.2. The fourth-order valence-corrected chi connectivity index (χ4v) is 2.50. The summed E-state index contributed by atoms with van der Waals surface area (Å²) in [6.07, 6.45) is 3.54. The van der Waals surface area contributed by atoms with E-state index >= 15 is 0 Å². The first-order valence-corrected chi connectivity index (χ1v) is 7.74. The molecule has 0 N–H and O–H groups in total. The number of fused-ring (bicyclic) bond motifs is 1. The van der Waals surface area contributed by atoms with Crippen LogP contribution in [0.2, 0.25) is 0 Å². The third-order valence-electron chi connectivity index (χ3n) is 2.89. The zero-order valence-electron chi connectivity index (χ0n) is 10.7. The quantitative estimate of drug-likeness (QED) is 0.608. The van der Waals surface area contributed by atoms with E-state index in [0.717, 1.165) is 14.5 Å². The van der Waals surface area contributed by atoms with Gasteiger partial charge in [-0.15, -0.1) is 0 Å². The largest absolute Gasteiger partial charge is 0.404 e. The van der Waals surface area contributed by atoms with E-state index in [9.17, 15) is 4.79 Å². The summed E-state index contributed by atoms with van der Waals surface area (Å²) < 4.78 is 7.04. The molecule has 0 aliphatic rings. The SMILES string of the molecule is O=c1oc(/C=C/c2ccc(Br)cc2)nc2ccc(Br)cc12. The van der Waals surface area contributed by atoms with Gasteiger partial charge in [-0.3, -0.25) is 0 Å². The fraction of sp³-hybridized carbons (Fsp3) is 0. The van der Waals surface area contributed by atoms with E-state index in [2.05, 4.69) is 36.8 Å². The summed E-state index contributed by atoms with van der Waals surface area (Å²) in [6.45, 7) is 0. The summed E-state index contributed by atoms with van der Waals surface area (Å²) in [5.74, 6) is 0.290. The predicted octanol–water partition coefficient (Wildman–Crippen LogP) is 4.88. The van der Waals surface area contributed by atoms with Gasteiger partial charge in [0.05, 0.1) is 10.9 Å². The summed E-state index contributed by atoms with van der Waals surface area (Å²) in [5, 5.41) is 0.463. The average molecular weight is 407 g/mol. The van der Waals surface area contributed by atoms with Crippen molar-refractivity contribution in [3.8, 4) is 0 Å². The lowest BCUT2D eigenvalue weighted by molar-refractivity contribution is 0.490. The molecule has 104 valence electrons. The zero-order chi connectivity index (χ0) is 14.8. The Bertz CT molecular complexity index is 883. The van der Waals surface area contributed by atoms with Gasteiger partial charge in [0.1, 0.15) is 0 Å². The van der Waals surface area contributed by atoms with Crippen molar-refractivity contribution in [2.45, 2.75) is 0 Å². The number of benzene rings is 2. The molecule has 5 heteroatoms. The molecule has 2 aromatic carbocycles. The Kier molecular flexibility index (Phi) is 4.03. The molecule has 3 aromatic rings. The molecule has 0 saturated carbocycles. The van der Waals surface area contributed by atoms with E-state index in [1.807, 2.05) is 36.4 Å². The molecule has 1 heterocycles. The van der Waals surface area contributed by atoms with Crippen LogP contribution in [0.3, 0.4) is 0 Å². The van der Waals surface area contributed by atoms with Crippen LogP contribution in [-0.2, 0) is 0 Å². The normalized spacial score (nSPS) is 11.3. The molecule has 0 aliphatic heterocycles. The van der Waals surface area contributed by atoms with E-state index in [0.29, 0.717) is 10.9 Å². The third-order valence-corrected chi connectivity index (χ3v) is 3.92. The molecule has 0 bridgehead atoms. The van der Waals surface area contributed by atoms with E-state index in [-0.39, 0.29) is 5.89 Å². The number of rotatable bonds is 2. The minimum Gasteiger partial charge on any atom is -0.404 e. The maximum absolute atomic E-state index is 11.9. The summed E-state index contributed by atoms with van der Waals surface area (Å²) in [4.78, 5) is 16.3. The summed E-state index contributed by atoms with van der Waals surface area (Å²) in [7, 11) is 0. The summed E-state index contributed by atoms with van der Waals surface area (Å²) in [5.41, 5.74) is 1.22. The van der Waals surface area contributed by atoms with E-state index in [1.54, 1.807) is 18.2 Å². The minimum atomic E-state index is -0.392. The summed E-state index contributed by atoms with van der Waals surface area (Å²) in [6, 6.07) is 13.1. The molecular weight excluding hydrogens is 398 g/mol. The van der Waals surface area contributed by atoms with Crippen molar-refractivity contribution < 1.29 is 4.42 Å². The van der Waals surface area contributed by atoms with Gasteiger partial charge in [-0.1, -0.05) is 44.0 Å². The van der Waals surface area contributed by atoms with E-state index in [4.69, 9.17) is 4.42 Å². The van der Waals surface area contributed by atoms with Gasteiger partial charge in [0.15, 0.2) is 0 Å². The monoisotopic (exact) mass is 405 g/mol. The lowest BCUT2D eigenvalue weighted by Gasteiger charge is -1.98. The second-order valence-corrected chi connectivity index (χ2v) is 6.22. The standard InChI is InChI=1S/C16H9Br2NO2/c17-11-4-1-10(2-5-11)3-8-15-19-14-7-6-12(18)9-13(14)16(20)21-15/h1-9H/b8-3+. The van der Waals surface area contributed by atoms with Crippen molar-refractivity contribution in [2.24, 2.45) is 0 Å². The van der Waals surface area contributed by atoms with Crippen LogP contribution in [0, 0.1) is 0 Å². The molecule has 0 atom stereocenters. The molecule has 0 saturated heterocycles. The van der Waals surface area contributed by atoms with Crippen molar-refractivity contribution in [1.29, 1.82) is 0 Å². The zero-order valence-corrected chi connectivity index (χ0v) is 13.9. The van der Waals surface area contributed by atoms with Crippen LogP contribution in [0.4, 0.5) is 0 Å². The van der Waals surface area contributed by atoms with Crippen molar-refractivity contribution in [2.75, 3.05) is 0 Å². The Balaban J connectivity index is 1.99. The van der Waals surface area contributed by atoms with Gasteiger partial charge in [-0.25, -0.2) is 9.78 Å². The van der Waals surface area contributed by atoms with Gasteiger partial charge in [0.25, 0.3) is 0 Å². The van der Waals surface area contributed by atoms with E-state index in [1.165, 1.54) is 0 Å². The molecular formula is C16H9Br2NO2. The second-order valence-electron chi connectivity index (χ2n) is 4.39. The van der Waals surface area contributed by atoms with Crippen molar-refractivity contribution in [1.82, 2.24) is 4.98 Å². The van der Waals surface area contributed by atoms with Gasteiger partial charge >= 0.3 is 5.63 Å². The molecule has 0 fully saturated rings. The number of hydrogen-bond acceptors (Lipinski definition) is 3. The topological polar surface area (TPSA) is 43.1 Å². The Morgan fingerprint density at radius 3 is 2.43 bits per heavy atom. The predicted molar refractivity (Wildman–Crippen MR) is 91.0 cm³/mol. The molecule has 0 unspecified atom stereocenters. The van der Waals surface area contributed by atoms with Crippen LogP contribution in [0.5, 0.6) is 0 Å². The van der Waals surface area contributed by atoms with Gasteiger partial charge in [0.2, 0.25) is 5.89 Å². The Morgan fingerprint density at radius 1 is 0.952 bits per heavy atom. The van der Waals surface area contributed by atoms with Crippen LogP contribution in [0.15, 0.2) is 60.6 Å².